The second-order valence-electron chi connectivity index (χ2n) is 7.39. The fourth-order valence-electron chi connectivity index (χ4n) is 3.52. The van der Waals surface area contributed by atoms with Crippen LogP contribution >= 0.6 is 0 Å². The second kappa shape index (κ2) is 13.0. The van der Waals surface area contributed by atoms with Gasteiger partial charge in [0.15, 0.2) is 17.1 Å². The average molecular weight is 410 g/mol. The van der Waals surface area contributed by atoms with Crippen molar-refractivity contribution in [2.24, 2.45) is 0 Å². The van der Waals surface area contributed by atoms with Gasteiger partial charge in [-0.25, -0.2) is 4.79 Å². The molecule has 0 atom stereocenters. The molecule has 0 heterocycles. The van der Waals surface area contributed by atoms with Crippen LogP contribution in [0, 0.1) is 10.1 Å². The summed E-state index contributed by atoms with van der Waals surface area (Å²) >= 11 is 0. The smallest absolute Gasteiger partial charge is 0.346 e. The Morgan fingerprint density at radius 2 is 1.45 bits per heavy atom. The van der Waals surface area contributed by atoms with Crippen molar-refractivity contribution in [3.63, 3.8) is 0 Å². The minimum Gasteiger partial charge on any atom is -0.503 e. The van der Waals surface area contributed by atoms with Crippen molar-refractivity contribution in [2.45, 2.75) is 91.4 Å². The maximum Gasteiger partial charge on any atom is 0.346 e. The molecule has 1 aromatic rings. The van der Waals surface area contributed by atoms with Crippen LogP contribution in [0.15, 0.2) is 0 Å². The van der Waals surface area contributed by atoms with Gasteiger partial charge in [0.05, 0.1) is 11.5 Å². The molecule has 0 aliphatic carbocycles. The van der Waals surface area contributed by atoms with Crippen LogP contribution in [0.3, 0.4) is 0 Å². The number of carbonyl (C=O) groups is 1. The summed E-state index contributed by atoms with van der Waals surface area (Å²) in [5.41, 5.74) is -0.148. The van der Waals surface area contributed by atoms with Crippen LogP contribution in [0.5, 0.6) is 11.5 Å². The summed E-state index contributed by atoms with van der Waals surface area (Å²) in [5.74, 6) is -2.01. The van der Waals surface area contributed by atoms with Crippen molar-refractivity contribution in [3.05, 3.63) is 26.8 Å². The highest BCUT2D eigenvalue weighted by Crippen LogP contribution is 2.45. The quantitative estimate of drug-likeness (QED) is 0.208. The summed E-state index contributed by atoms with van der Waals surface area (Å²) in [6.07, 6.45) is 8.93. The van der Waals surface area contributed by atoms with Crippen molar-refractivity contribution < 1.29 is 24.7 Å². The molecule has 7 heteroatoms. The molecule has 0 aromatic heterocycles. The second-order valence-corrected chi connectivity index (χ2v) is 7.39. The molecule has 0 unspecified atom stereocenters. The SMILES string of the molecule is CCCCCOc1c(O)c(C(=O)O)c([N+](=O)[O-])c(CCCCC)c1CCCCC. The lowest BCUT2D eigenvalue weighted by atomic mass is 9.91. The van der Waals surface area contributed by atoms with Crippen molar-refractivity contribution >= 4 is 11.7 Å². The number of nitro groups is 1. The fourth-order valence-corrected chi connectivity index (χ4v) is 3.52. The number of benzene rings is 1. The molecule has 1 aromatic carbocycles. The van der Waals surface area contributed by atoms with Crippen LogP contribution in [-0.4, -0.2) is 27.7 Å². The first-order valence-corrected chi connectivity index (χ1v) is 10.8. The third-order valence-electron chi connectivity index (χ3n) is 5.06. The first kappa shape index (κ1) is 24.7. The molecule has 7 nitrogen and oxygen atoms in total. The zero-order chi connectivity index (χ0) is 21.8. The molecule has 0 saturated heterocycles. The van der Waals surface area contributed by atoms with Crippen molar-refractivity contribution in [2.75, 3.05) is 6.61 Å². The number of phenols is 1. The Hall–Kier alpha value is -2.31. The number of ether oxygens (including phenoxy) is 1. The van der Waals surface area contributed by atoms with Crippen molar-refractivity contribution in [1.82, 2.24) is 0 Å². The van der Waals surface area contributed by atoms with E-state index in [0.717, 1.165) is 57.8 Å². The molecule has 164 valence electrons. The molecule has 0 aliphatic heterocycles. The Labute approximate surface area is 173 Å². The number of aromatic carboxylic acids is 1. The van der Waals surface area contributed by atoms with Gasteiger partial charge in [0, 0.05) is 11.1 Å². The zero-order valence-electron chi connectivity index (χ0n) is 18.0. The highest BCUT2D eigenvalue weighted by molar-refractivity contribution is 5.98. The molecule has 0 fully saturated rings. The van der Waals surface area contributed by atoms with E-state index in [0.29, 0.717) is 30.6 Å². The van der Waals surface area contributed by atoms with Crippen LogP contribution in [0.2, 0.25) is 0 Å². The lowest BCUT2D eigenvalue weighted by Crippen LogP contribution is -2.13. The van der Waals surface area contributed by atoms with E-state index in [2.05, 4.69) is 13.8 Å². The summed E-state index contributed by atoms with van der Waals surface area (Å²) in [5, 5.41) is 32.1. The predicted octanol–water partition coefficient (Wildman–Crippen LogP) is 6.03. The van der Waals surface area contributed by atoms with E-state index in [9.17, 15) is 25.1 Å². The third-order valence-corrected chi connectivity index (χ3v) is 5.06. The van der Waals surface area contributed by atoms with Crippen LogP contribution in [0.25, 0.3) is 0 Å². The number of hydrogen-bond donors (Lipinski definition) is 2. The molecule has 0 radical (unpaired) electrons. The molecular weight excluding hydrogens is 374 g/mol. The normalized spacial score (nSPS) is 10.9. The number of aromatic hydroxyl groups is 1. The van der Waals surface area contributed by atoms with Gasteiger partial charge < -0.3 is 14.9 Å². The van der Waals surface area contributed by atoms with Gasteiger partial charge in [0.1, 0.15) is 0 Å². The molecule has 0 bridgehead atoms. The van der Waals surface area contributed by atoms with Crippen LogP contribution in [-0.2, 0) is 12.8 Å². The summed E-state index contributed by atoms with van der Waals surface area (Å²) in [6, 6.07) is 0. The summed E-state index contributed by atoms with van der Waals surface area (Å²) in [7, 11) is 0. The molecule has 0 amide bonds. The van der Waals surface area contributed by atoms with Gasteiger partial charge in [0.25, 0.3) is 5.69 Å². The molecule has 2 N–H and O–H groups in total. The van der Waals surface area contributed by atoms with E-state index in [1.165, 1.54) is 0 Å². The molecule has 0 aliphatic rings. The molecule has 29 heavy (non-hydrogen) atoms. The van der Waals surface area contributed by atoms with E-state index in [1.807, 2.05) is 6.92 Å². The first-order chi connectivity index (χ1) is 13.9. The highest BCUT2D eigenvalue weighted by atomic mass is 16.6. The van der Waals surface area contributed by atoms with Crippen LogP contribution in [0.4, 0.5) is 5.69 Å². The monoisotopic (exact) mass is 409 g/mol. The number of hydrogen-bond acceptors (Lipinski definition) is 5. The van der Waals surface area contributed by atoms with Crippen molar-refractivity contribution in [3.8, 4) is 11.5 Å². The number of rotatable bonds is 15. The van der Waals surface area contributed by atoms with Crippen molar-refractivity contribution in [1.29, 1.82) is 0 Å². The van der Waals surface area contributed by atoms with Crippen LogP contribution < -0.4 is 4.74 Å². The molecule has 1 rings (SSSR count). The topological polar surface area (TPSA) is 110 Å². The van der Waals surface area contributed by atoms with Gasteiger partial charge >= 0.3 is 5.97 Å². The van der Waals surface area contributed by atoms with Gasteiger partial charge in [-0.05, 0) is 32.1 Å². The maximum atomic E-state index is 11.8. The van der Waals surface area contributed by atoms with Crippen LogP contribution in [0.1, 0.15) is 100 Å². The number of carboxylic acid groups (broad SMARTS) is 1. The van der Waals surface area contributed by atoms with Gasteiger partial charge in [0.2, 0.25) is 0 Å². The van der Waals surface area contributed by atoms with E-state index < -0.39 is 27.9 Å². The lowest BCUT2D eigenvalue weighted by Gasteiger charge is -2.19. The van der Waals surface area contributed by atoms with Gasteiger partial charge in [-0.2, -0.15) is 0 Å². The van der Waals surface area contributed by atoms with Gasteiger partial charge in [-0.3, -0.25) is 10.1 Å². The molecular formula is C22H35NO6. The van der Waals surface area contributed by atoms with E-state index >= 15 is 0 Å². The Kier molecular flexibility index (Phi) is 11.1. The Balaban J connectivity index is 3.58. The number of nitrogens with zero attached hydrogens (tertiary/aromatic N) is 1. The molecule has 0 spiro atoms. The zero-order valence-corrected chi connectivity index (χ0v) is 18.0. The molecule has 0 saturated carbocycles. The van der Waals surface area contributed by atoms with Gasteiger partial charge in [-0.15, -0.1) is 0 Å². The number of carboxylic acids is 1. The Bertz CT molecular complexity index is 687. The standard InChI is InChI=1S/C22H35NO6/c1-4-7-10-13-16-17(14-11-8-5-2)21(29-15-12-9-6-3)20(24)18(22(25)26)19(16)23(27)28/h24H,4-15H2,1-3H3,(H,25,26). The average Bonchev–Trinajstić information content (AvgIpc) is 2.67. The first-order valence-electron chi connectivity index (χ1n) is 10.8. The third kappa shape index (κ3) is 6.91. The summed E-state index contributed by atoms with van der Waals surface area (Å²) in [6.45, 7) is 6.51. The lowest BCUT2D eigenvalue weighted by molar-refractivity contribution is -0.386. The van der Waals surface area contributed by atoms with E-state index in [-0.39, 0.29) is 5.75 Å². The predicted molar refractivity (Wildman–Crippen MR) is 113 cm³/mol. The fraction of sp³-hybridized carbons (Fsp3) is 0.682. The van der Waals surface area contributed by atoms with E-state index in [4.69, 9.17) is 4.74 Å². The van der Waals surface area contributed by atoms with E-state index in [1.54, 1.807) is 0 Å². The number of nitro benzene ring substituents is 1. The van der Waals surface area contributed by atoms with Gasteiger partial charge in [-0.1, -0.05) is 59.3 Å². The highest BCUT2D eigenvalue weighted by Gasteiger charge is 2.34. The Morgan fingerprint density at radius 1 is 0.931 bits per heavy atom. The summed E-state index contributed by atoms with van der Waals surface area (Å²) < 4.78 is 5.84. The largest absolute Gasteiger partial charge is 0.503 e. The minimum absolute atomic E-state index is 0.117. The maximum absolute atomic E-state index is 11.8. The Morgan fingerprint density at radius 3 is 1.93 bits per heavy atom. The minimum atomic E-state index is -1.51. The summed E-state index contributed by atoms with van der Waals surface area (Å²) in [4.78, 5) is 23.0. The number of unbranched alkanes of at least 4 members (excludes halogenated alkanes) is 6.